The number of rotatable bonds is 17. The lowest BCUT2D eigenvalue weighted by molar-refractivity contribution is 0.0809. The molecule has 2 fully saturated rings. The number of amides is 2. The zero-order chi connectivity index (χ0) is 55.8. The second-order valence-electron chi connectivity index (χ2n) is 21.8. The number of piperidine rings is 2. The standard InChI is InChI=1S/C33H35N5O3.C32H35N5O3/c39-32-35-30-14-6-7-15-31(30)38(32)27-17-20-37(33(40)41)26(21-27)11-8-19-36(22-24-9-2-1-3-10-24)23-25-16-18-34-29-13-5-4-12-28(25)29;1-34-27(19-24-11-5-7-13-29(24)34)22-35(21-23-9-3-2-4-10-23)17-15-25-20-26(16-18-36(25)32(39)40)37-30-14-8-6-12-28(30)33-31(37)38/h1-7,9-10,12-16,18,26-27H,8,11,17,19-23H2,(H,35,39)(H,40,41);2-14,19,25-26H,15-18,20-22H2,1H3,(H,33,38)(H,39,40)/t;25-,26?/m.0/s1. The van der Waals surface area contributed by atoms with Crippen molar-refractivity contribution in [3.8, 4) is 0 Å². The molecule has 0 bridgehead atoms. The number of hydrogen-bond acceptors (Lipinski definition) is 7. The predicted octanol–water partition coefficient (Wildman–Crippen LogP) is 11.6. The molecule has 3 unspecified atom stereocenters. The van der Waals surface area contributed by atoms with Gasteiger partial charge in [0.05, 0.1) is 27.6 Å². The molecule has 0 saturated carbocycles. The van der Waals surface area contributed by atoms with Crippen molar-refractivity contribution >= 4 is 56.1 Å². The zero-order valence-corrected chi connectivity index (χ0v) is 45.8. The summed E-state index contributed by atoms with van der Waals surface area (Å²) in [6, 6.07) is 56.8. The molecular weight excluding hydrogens is 1020 g/mol. The fourth-order valence-corrected chi connectivity index (χ4v) is 12.7. The number of carbonyl (C=O) groups is 2. The van der Waals surface area contributed by atoms with E-state index in [2.05, 4.69) is 127 Å². The maximum atomic E-state index is 12.9. The molecule has 6 heterocycles. The van der Waals surface area contributed by atoms with Gasteiger partial charge in [-0.2, -0.15) is 0 Å². The van der Waals surface area contributed by atoms with Crippen LogP contribution in [-0.4, -0.2) is 109 Å². The number of aromatic nitrogens is 6. The van der Waals surface area contributed by atoms with Gasteiger partial charge >= 0.3 is 23.6 Å². The normalized spacial score (nSPS) is 17.6. The van der Waals surface area contributed by atoms with Crippen LogP contribution in [0.25, 0.3) is 43.9 Å². The number of nitrogens with one attached hydrogen (secondary N) is 2. The van der Waals surface area contributed by atoms with E-state index in [1.807, 2.05) is 94.2 Å². The van der Waals surface area contributed by atoms with Crippen LogP contribution in [-0.2, 0) is 33.2 Å². The Balaban J connectivity index is 0.000000170. The quantitative estimate of drug-likeness (QED) is 0.0690. The molecule has 16 nitrogen and oxygen atoms in total. The molecule has 4 aromatic heterocycles. The minimum Gasteiger partial charge on any atom is -0.465 e. The summed E-state index contributed by atoms with van der Waals surface area (Å²) < 4.78 is 5.91. The summed E-state index contributed by atoms with van der Waals surface area (Å²) in [6.45, 7) is 5.51. The van der Waals surface area contributed by atoms with Crippen molar-refractivity contribution in [2.75, 3.05) is 26.2 Å². The number of para-hydroxylation sites is 6. The summed E-state index contributed by atoms with van der Waals surface area (Å²) in [5, 5.41) is 22.4. The Bertz CT molecular complexity index is 3880. The summed E-state index contributed by atoms with van der Waals surface area (Å²) in [4.78, 5) is 68.6. The van der Waals surface area contributed by atoms with Crippen molar-refractivity contribution in [1.82, 2.24) is 48.3 Å². The van der Waals surface area contributed by atoms with E-state index in [4.69, 9.17) is 0 Å². The van der Waals surface area contributed by atoms with E-state index in [0.29, 0.717) is 45.2 Å². The molecule has 2 saturated heterocycles. The molecule has 0 aliphatic carbocycles. The van der Waals surface area contributed by atoms with Gasteiger partial charge in [0.25, 0.3) is 0 Å². The van der Waals surface area contributed by atoms with Crippen LogP contribution in [0.3, 0.4) is 0 Å². The van der Waals surface area contributed by atoms with Gasteiger partial charge in [0.2, 0.25) is 0 Å². The second kappa shape index (κ2) is 24.7. The first-order valence-electron chi connectivity index (χ1n) is 28.3. The van der Waals surface area contributed by atoms with Crippen LogP contribution in [0.15, 0.2) is 186 Å². The van der Waals surface area contributed by atoms with E-state index in [1.54, 1.807) is 9.80 Å². The van der Waals surface area contributed by atoms with Crippen LogP contribution in [0.4, 0.5) is 9.59 Å². The zero-order valence-electron chi connectivity index (χ0n) is 45.8. The molecule has 6 aromatic carbocycles. The van der Waals surface area contributed by atoms with E-state index in [1.165, 1.54) is 33.3 Å². The van der Waals surface area contributed by atoms with Crippen LogP contribution in [0, 0.1) is 0 Å². The molecule has 2 aliphatic heterocycles. The first-order valence-corrected chi connectivity index (χ1v) is 28.3. The monoisotopic (exact) mass is 1090 g/mol. The first-order chi connectivity index (χ1) is 39.5. The number of benzene rings is 6. The molecule has 416 valence electrons. The lowest BCUT2D eigenvalue weighted by Gasteiger charge is -2.39. The van der Waals surface area contributed by atoms with Crippen LogP contribution < -0.4 is 11.4 Å². The van der Waals surface area contributed by atoms with Gasteiger partial charge in [0.15, 0.2) is 0 Å². The van der Waals surface area contributed by atoms with Crippen molar-refractivity contribution in [1.29, 1.82) is 0 Å². The fraction of sp³-hybridized carbons (Fsp3) is 0.308. The molecule has 4 atom stereocenters. The van der Waals surface area contributed by atoms with Gasteiger partial charge in [-0.1, -0.05) is 121 Å². The summed E-state index contributed by atoms with van der Waals surface area (Å²) in [6.07, 6.45) is 4.86. The molecule has 2 amide bonds. The maximum absolute atomic E-state index is 12.9. The van der Waals surface area contributed by atoms with E-state index in [9.17, 15) is 29.4 Å². The molecule has 0 radical (unpaired) electrons. The molecule has 4 N–H and O–H groups in total. The minimum atomic E-state index is -0.891. The number of likely N-dealkylation sites (tertiary alicyclic amines) is 2. The van der Waals surface area contributed by atoms with E-state index < -0.39 is 12.2 Å². The van der Waals surface area contributed by atoms with E-state index in [0.717, 1.165) is 85.1 Å². The van der Waals surface area contributed by atoms with Crippen molar-refractivity contribution in [3.63, 3.8) is 0 Å². The van der Waals surface area contributed by atoms with E-state index in [-0.39, 0.29) is 35.5 Å². The van der Waals surface area contributed by atoms with Crippen LogP contribution in [0.2, 0.25) is 0 Å². The van der Waals surface area contributed by atoms with Gasteiger partial charge in [-0.05, 0) is 122 Å². The number of aryl methyl sites for hydroxylation is 1. The molecule has 16 heteroatoms. The number of carboxylic acid groups (broad SMARTS) is 2. The number of aromatic amines is 2. The summed E-state index contributed by atoms with van der Waals surface area (Å²) in [5.41, 5.74) is 10.2. The second-order valence-corrected chi connectivity index (χ2v) is 21.8. The highest BCUT2D eigenvalue weighted by atomic mass is 16.4. The molecule has 12 rings (SSSR count). The Labute approximate surface area is 470 Å². The molecular formula is C65H70N10O6. The van der Waals surface area contributed by atoms with Crippen molar-refractivity contribution in [2.24, 2.45) is 7.05 Å². The van der Waals surface area contributed by atoms with Gasteiger partial charge in [0.1, 0.15) is 0 Å². The lowest BCUT2D eigenvalue weighted by Crippen LogP contribution is -2.48. The highest BCUT2D eigenvalue weighted by Gasteiger charge is 2.35. The van der Waals surface area contributed by atoms with Crippen molar-refractivity contribution in [3.05, 3.63) is 219 Å². The highest BCUT2D eigenvalue weighted by Crippen LogP contribution is 2.33. The SMILES string of the molecule is Cn1c(CN(CC[C@H]2CC(n3c(=O)[nH]c4ccccc43)CCN2C(=O)O)Cc2ccccc2)cc2ccccc21.O=C(O)N1CCC(n2c(=O)[nH]c3ccccc32)CC1CCCN(Cc1ccccc1)Cc1ccnc2ccccc12. The third kappa shape index (κ3) is 12.4. The Morgan fingerprint density at radius 3 is 1.65 bits per heavy atom. The largest absolute Gasteiger partial charge is 0.465 e. The smallest absolute Gasteiger partial charge is 0.407 e. The third-order valence-electron chi connectivity index (χ3n) is 16.7. The fourth-order valence-electron chi connectivity index (χ4n) is 12.7. The number of fused-ring (bicyclic) bond motifs is 4. The summed E-state index contributed by atoms with van der Waals surface area (Å²) >= 11 is 0. The third-order valence-corrected chi connectivity index (χ3v) is 16.7. The highest BCUT2D eigenvalue weighted by molar-refractivity contribution is 5.82. The van der Waals surface area contributed by atoms with Crippen LogP contribution >= 0.6 is 0 Å². The number of pyridine rings is 1. The van der Waals surface area contributed by atoms with Gasteiger partial charge < -0.3 is 34.5 Å². The van der Waals surface area contributed by atoms with E-state index >= 15 is 0 Å². The van der Waals surface area contributed by atoms with Gasteiger partial charge in [-0.3, -0.25) is 23.9 Å². The number of hydrogen-bond donors (Lipinski definition) is 4. The Kier molecular flexibility index (Phi) is 16.6. The topological polar surface area (TPSA) is 181 Å². The minimum absolute atomic E-state index is 0.0390. The summed E-state index contributed by atoms with van der Waals surface area (Å²) in [5.74, 6) is 0. The number of nitrogens with zero attached hydrogens (tertiary/aromatic N) is 8. The van der Waals surface area contributed by atoms with Crippen molar-refractivity contribution in [2.45, 2.75) is 95.3 Å². The maximum Gasteiger partial charge on any atom is 0.407 e. The molecule has 81 heavy (non-hydrogen) atoms. The Hall–Kier alpha value is -8.73. The average molecular weight is 1090 g/mol. The lowest BCUT2D eigenvalue weighted by atomic mass is 9.93. The predicted molar refractivity (Wildman–Crippen MR) is 318 cm³/mol. The number of imidazole rings is 2. The average Bonchev–Trinajstić information content (AvgIpc) is 4.14. The Morgan fingerprint density at radius 1 is 0.568 bits per heavy atom. The molecule has 0 spiro atoms. The first kappa shape index (κ1) is 54.2. The van der Waals surface area contributed by atoms with Gasteiger partial charge in [-0.25, -0.2) is 19.2 Å². The van der Waals surface area contributed by atoms with Crippen LogP contribution in [0.1, 0.15) is 79.4 Å². The van der Waals surface area contributed by atoms with Crippen LogP contribution in [0.5, 0.6) is 0 Å². The van der Waals surface area contributed by atoms with Gasteiger partial charge in [0, 0.05) is 99.8 Å². The van der Waals surface area contributed by atoms with Gasteiger partial charge in [-0.15, -0.1) is 0 Å². The molecule has 2 aliphatic rings. The summed E-state index contributed by atoms with van der Waals surface area (Å²) in [7, 11) is 2.11. The number of H-pyrrole nitrogens is 2. The molecule has 10 aromatic rings. The Morgan fingerprint density at radius 2 is 1.07 bits per heavy atom. The van der Waals surface area contributed by atoms with Crippen molar-refractivity contribution < 1.29 is 19.8 Å².